The van der Waals surface area contributed by atoms with Crippen LogP contribution >= 0.6 is 0 Å². The Morgan fingerprint density at radius 2 is 1.00 bits per heavy atom. The molecule has 0 bridgehead atoms. The van der Waals surface area contributed by atoms with Gasteiger partial charge in [-0.3, -0.25) is 0 Å². The van der Waals surface area contributed by atoms with Gasteiger partial charge >= 0.3 is 0 Å². The number of hydrogen-bond donors (Lipinski definition) is 0. The van der Waals surface area contributed by atoms with E-state index >= 15 is 0 Å². The molecule has 3 nitrogen and oxygen atoms in total. The Morgan fingerprint density at radius 3 is 1.86 bits per heavy atom. The van der Waals surface area contributed by atoms with E-state index in [-0.39, 0.29) is 0 Å². The molecule has 0 radical (unpaired) electrons. The molecule has 0 amide bonds. The summed E-state index contributed by atoms with van der Waals surface area (Å²) < 4.78 is 6.54. The molecule has 228 valence electrons. The monoisotopic (exact) mass is 624 g/mol. The van der Waals surface area contributed by atoms with Gasteiger partial charge in [-0.1, -0.05) is 140 Å². The van der Waals surface area contributed by atoms with E-state index in [1.54, 1.807) is 0 Å². The summed E-state index contributed by atoms with van der Waals surface area (Å²) in [5.41, 5.74) is 10.3. The molecule has 3 heteroatoms. The highest BCUT2D eigenvalue weighted by Crippen LogP contribution is 2.41. The first-order valence-electron chi connectivity index (χ1n) is 16.6. The van der Waals surface area contributed by atoms with Crippen molar-refractivity contribution in [1.29, 1.82) is 0 Å². The largest absolute Gasteiger partial charge is 0.455 e. The molecule has 2 aromatic heterocycles. The number of nitrogens with zero attached hydrogens (tertiary/aromatic N) is 2. The van der Waals surface area contributed by atoms with E-state index < -0.39 is 0 Å². The third-order valence-corrected chi connectivity index (χ3v) is 9.67. The minimum absolute atomic E-state index is 0.693. The van der Waals surface area contributed by atoms with Gasteiger partial charge < -0.3 is 4.42 Å². The van der Waals surface area contributed by atoms with Gasteiger partial charge in [0, 0.05) is 32.7 Å². The predicted octanol–water partition coefficient (Wildman–Crippen LogP) is 12.5. The van der Waals surface area contributed by atoms with Gasteiger partial charge in [0.15, 0.2) is 5.82 Å². The summed E-state index contributed by atoms with van der Waals surface area (Å²) in [6.07, 6.45) is 0. The first kappa shape index (κ1) is 27.5. The van der Waals surface area contributed by atoms with Crippen LogP contribution in [0.15, 0.2) is 174 Å². The van der Waals surface area contributed by atoms with E-state index in [9.17, 15) is 0 Å². The second kappa shape index (κ2) is 11.0. The Kier molecular flexibility index (Phi) is 6.18. The molecule has 0 fully saturated rings. The number of fused-ring (bicyclic) bond motifs is 7. The Labute approximate surface area is 282 Å². The number of aromatic nitrogens is 2. The molecule has 0 N–H and O–H groups in total. The molecule has 0 aliphatic rings. The highest BCUT2D eigenvalue weighted by Gasteiger charge is 2.19. The normalized spacial score (nSPS) is 11.7. The Bertz CT molecular complexity index is 2870. The summed E-state index contributed by atoms with van der Waals surface area (Å²) in [4.78, 5) is 10.5. The van der Waals surface area contributed by atoms with Crippen molar-refractivity contribution < 1.29 is 4.42 Å². The second-order valence-corrected chi connectivity index (χ2v) is 12.6. The van der Waals surface area contributed by atoms with Gasteiger partial charge in [-0.15, -0.1) is 0 Å². The van der Waals surface area contributed by atoms with Gasteiger partial charge in [0.25, 0.3) is 0 Å². The van der Waals surface area contributed by atoms with Crippen molar-refractivity contribution in [2.45, 2.75) is 0 Å². The smallest absolute Gasteiger partial charge is 0.161 e. The lowest BCUT2D eigenvalue weighted by Crippen LogP contribution is -1.96. The maximum Gasteiger partial charge on any atom is 0.161 e. The van der Waals surface area contributed by atoms with Gasteiger partial charge in [-0.05, 0) is 68.7 Å². The van der Waals surface area contributed by atoms with Crippen molar-refractivity contribution in [3.63, 3.8) is 0 Å². The maximum atomic E-state index is 6.54. The van der Waals surface area contributed by atoms with Crippen molar-refractivity contribution in [2.24, 2.45) is 0 Å². The number of rotatable bonds is 4. The Hall–Kier alpha value is -6.58. The van der Waals surface area contributed by atoms with Crippen LogP contribution in [0.5, 0.6) is 0 Å². The van der Waals surface area contributed by atoms with Crippen molar-refractivity contribution in [3.8, 4) is 44.9 Å². The molecule has 0 saturated carbocycles. The van der Waals surface area contributed by atoms with Crippen LogP contribution in [0.1, 0.15) is 0 Å². The number of benzene rings is 8. The molecule has 2 heterocycles. The number of hydrogen-bond acceptors (Lipinski definition) is 3. The minimum Gasteiger partial charge on any atom is -0.455 e. The topological polar surface area (TPSA) is 38.9 Å². The quantitative estimate of drug-likeness (QED) is 0.196. The molecule has 0 atom stereocenters. The third-order valence-electron chi connectivity index (χ3n) is 9.67. The predicted molar refractivity (Wildman–Crippen MR) is 204 cm³/mol. The second-order valence-electron chi connectivity index (χ2n) is 12.6. The van der Waals surface area contributed by atoms with Crippen molar-refractivity contribution in [1.82, 2.24) is 9.97 Å². The van der Waals surface area contributed by atoms with Gasteiger partial charge in [0.1, 0.15) is 11.2 Å². The molecule has 0 aliphatic heterocycles. The van der Waals surface area contributed by atoms with E-state index in [0.29, 0.717) is 5.82 Å². The molecule has 10 aromatic rings. The zero-order valence-electron chi connectivity index (χ0n) is 26.5. The molecule has 10 rings (SSSR count). The van der Waals surface area contributed by atoms with Gasteiger partial charge in [0.2, 0.25) is 0 Å². The van der Waals surface area contributed by atoms with Crippen LogP contribution in [-0.2, 0) is 0 Å². The summed E-state index contributed by atoms with van der Waals surface area (Å²) in [7, 11) is 0. The third kappa shape index (κ3) is 4.59. The van der Waals surface area contributed by atoms with E-state index in [1.165, 1.54) is 27.5 Å². The van der Waals surface area contributed by atoms with Crippen LogP contribution in [0.3, 0.4) is 0 Å². The average molecular weight is 625 g/mol. The summed E-state index contributed by atoms with van der Waals surface area (Å²) in [6.45, 7) is 0. The number of furan rings is 1. The van der Waals surface area contributed by atoms with Crippen molar-refractivity contribution in [3.05, 3.63) is 170 Å². The molecule has 49 heavy (non-hydrogen) atoms. The van der Waals surface area contributed by atoms with Crippen LogP contribution in [0.2, 0.25) is 0 Å². The van der Waals surface area contributed by atoms with Crippen molar-refractivity contribution in [2.75, 3.05) is 0 Å². The standard InChI is InChI=1S/C46H28N2O/c1-2-10-29(11-3-1)35-24-25-43-39(27-35)40-28-41(36-14-6-7-15-37(36)45(40)49-43)46-47-42-17-9-8-16-38(42)44(48-46)32-21-18-31(19-22-32)34-23-20-30-12-4-5-13-33(30)26-34/h1-28H. The van der Waals surface area contributed by atoms with Crippen molar-refractivity contribution >= 4 is 54.4 Å². The van der Waals surface area contributed by atoms with Crippen LogP contribution in [0, 0.1) is 0 Å². The summed E-state index contributed by atoms with van der Waals surface area (Å²) >= 11 is 0. The fourth-order valence-electron chi connectivity index (χ4n) is 7.20. The van der Waals surface area contributed by atoms with Gasteiger partial charge in [0.05, 0.1) is 11.2 Å². The summed E-state index contributed by atoms with van der Waals surface area (Å²) in [6, 6.07) is 59.7. The van der Waals surface area contributed by atoms with E-state index in [1.807, 2.05) is 12.1 Å². The molecular formula is C46H28N2O. The first-order chi connectivity index (χ1) is 24.3. The molecule has 0 spiro atoms. The summed E-state index contributed by atoms with van der Waals surface area (Å²) in [5.74, 6) is 0.693. The number of para-hydroxylation sites is 1. The summed E-state index contributed by atoms with van der Waals surface area (Å²) in [5, 5.41) is 7.75. The first-order valence-corrected chi connectivity index (χ1v) is 16.6. The van der Waals surface area contributed by atoms with Crippen LogP contribution in [0.25, 0.3) is 99.3 Å². The highest BCUT2D eigenvalue weighted by atomic mass is 16.3. The maximum absolute atomic E-state index is 6.54. The Morgan fingerprint density at radius 1 is 0.367 bits per heavy atom. The molecule has 8 aromatic carbocycles. The lowest BCUT2D eigenvalue weighted by atomic mass is 9.97. The molecule has 0 aliphatic carbocycles. The van der Waals surface area contributed by atoms with E-state index in [4.69, 9.17) is 14.4 Å². The SMILES string of the molecule is c1ccc(-c2ccc3oc4c5ccccc5c(-c5nc(-c6ccc(-c7ccc8ccccc8c7)cc6)c6ccccc6n5)cc4c3c2)cc1. The fourth-order valence-corrected chi connectivity index (χ4v) is 7.20. The lowest BCUT2D eigenvalue weighted by Gasteiger charge is -2.12. The molecule has 0 saturated heterocycles. The minimum atomic E-state index is 0.693. The van der Waals surface area contributed by atoms with Gasteiger partial charge in [-0.2, -0.15) is 0 Å². The van der Waals surface area contributed by atoms with Crippen LogP contribution in [-0.4, -0.2) is 9.97 Å². The van der Waals surface area contributed by atoms with Gasteiger partial charge in [-0.25, -0.2) is 9.97 Å². The van der Waals surface area contributed by atoms with Crippen LogP contribution < -0.4 is 0 Å². The highest BCUT2D eigenvalue weighted by molar-refractivity contribution is 6.19. The zero-order valence-corrected chi connectivity index (χ0v) is 26.5. The molecular weight excluding hydrogens is 597 g/mol. The zero-order chi connectivity index (χ0) is 32.3. The average Bonchev–Trinajstić information content (AvgIpc) is 3.55. The fraction of sp³-hybridized carbons (Fsp3) is 0. The molecule has 0 unspecified atom stereocenters. The van der Waals surface area contributed by atoms with E-state index in [0.717, 1.165) is 66.0 Å². The van der Waals surface area contributed by atoms with E-state index in [2.05, 4.69) is 158 Å². The lowest BCUT2D eigenvalue weighted by molar-refractivity contribution is 0.673. The Balaban J connectivity index is 1.16. The van der Waals surface area contributed by atoms with Crippen LogP contribution in [0.4, 0.5) is 0 Å².